The van der Waals surface area contributed by atoms with Crippen molar-refractivity contribution in [1.29, 1.82) is 0 Å². The van der Waals surface area contributed by atoms with Crippen LogP contribution in [0.3, 0.4) is 0 Å². The van der Waals surface area contributed by atoms with Crippen molar-refractivity contribution in [1.82, 2.24) is 10.2 Å². The Morgan fingerprint density at radius 3 is 2.35 bits per heavy atom. The summed E-state index contributed by atoms with van der Waals surface area (Å²) in [4.78, 5) is 38.0. The molecule has 7 nitrogen and oxygen atoms in total. The number of carbonyl (C=O) groups excluding carboxylic acids is 3. The summed E-state index contributed by atoms with van der Waals surface area (Å²) in [5.74, 6) is -0.171. The highest BCUT2D eigenvalue weighted by Crippen LogP contribution is 2.20. The van der Waals surface area contributed by atoms with Crippen LogP contribution in [0.25, 0.3) is 0 Å². The van der Waals surface area contributed by atoms with Crippen LogP contribution in [0.2, 0.25) is 0 Å². The Morgan fingerprint density at radius 2 is 1.77 bits per heavy atom. The maximum Gasteiger partial charge on any atom is 0.291 e. The van der Waals surface area contributed by atoms with E-state index in [1.54, 1.807) is 48.3 Å². The van der Waals surface area contributed by atoms with Gasteiger partial charge >= 0.3 is 0 Å². The van der Waals surface area contributed by atoms with E-state index in [4.69, 9.17) is 4.42 Å². The summed E-state index contributed by atoms with van der Waals surface area (Å²) in [5, 5.41) is 5.37. The second kappa shape index (κ2) is 7.86. The summed E-state index contributed by atoms with van der Waals surface area (Å²) >= 11 is 0. The Labute approximate surface area is 151 Å². The Kier molecular flexibility index (Phi) is 5.36. The number of carbonyl (C=O) groups is 3. The summed E-state index contributed by atoms with van der Waals surface area (Å²) in [7, 11) is 1.63. The number of amides is 3. The second-order valence-corrected chi connectivity index (χ2v) is 6.19. The van der Waals surface area contributed by atoms with Gasteiger partial charge in [0.05, 0.1) is 6.26 Å². The van der Waals surface area contributed by atoms with Gasteiger partial charge in [-0.3, -0.25) is 14.4 Å². The zero-order valence-corrected chi connectivity index (χ0v) is 14.5. The molecule has 3 rings (SSSR count). The molecule has 1 fully saturated rings. The van der Waals surface area contributed by atoms with Gasteiger partial charge in [0, 0.05) is 37.3 Å². The molecule has 0 unspecified atom stereocenters. The van der Waals surface area contributed by atoms with Crippen LogP contribution in [-0.2, 0) is 4.79 Å². The van der Waals surface area contributed by atoms with Crippen LogP contribution in [0.5, 0.6) is 0 Å². The summed E-state index contributed by atoms with van der Waals surface area (Å²) in [6.45, 7) is 1.13. The first-order valence-electron chi connectivity index (χ1n) is 8.54. The molecule has 2 aromatic rings. The number of likely N-dealkylation sites (tertiary alicyclic amines) is 1. The van der Waals surface area contributed by atoms with E-state index >= 15 is 0 Å². The maximum atomic E-state index is 12.6. The number of anilines is 1. The third-order valence-electron chi connectivity index (χ3n) is 4.53. The lowest BCUT2D eigenvalue weighted by atomic mass is 9.95. The lowest BCUT2D eigenvalue weighted by molar-refractivity contribution is -0.125. The predicted molar refractivity (Wildman–Crippen MR) is 95.8 cm³/mol. The van der Waals surface area contributed by atoms with Crippen molar-refractivity contribution in [3.63, 3.8) is 0 Å². The number of rotatable bonds is 4. The van der Waals surface area contributed by atoms with Gasteiger partial charge in [-0.1, -0.05) is 0 Å². The third-order valence-corrected chi connectivity index (χ3v) is 4.53. The zero-order chi connectivity index (χ0) is 18.5. The lowest BCUT2D eigenvalue weighted by Gasteiger charge is -2.31. The standard InChI is InChI=1S/C19H21N3O4/c1-20-17(23)13-8-10-22(11-9-13)19(25)14-4-6-15(7-5-14)21-18(24)16-3-2-12-26-16/h2-7,12-13H,8-11H2,1H3,(H,20,23)(H,21,24). The molecule has 0 atom stereocenters. The van der Waals surface area contributed by atoms with E-state index in [2.05, 4.69) is 10.6 Å². The number of nitrogens with zero attached hydrogens (tertiary/aromatic N) is 1. The Hall–Kier alpha value is -3.09. The van der Waals surface area contributed by atoms with E-state index in [1.807, 2.05) is 0 Å². The molecular formula is C19H21N3O4. The van der Waals surface area contributed by atoms with Gasteiger partial charge in [-0.05, 0) is 49.2 Å². The molecule has 1 saturated heterocycles. The van der Waals surface area contributed by atoms with Crippen LogP contribution in [0.15, 0.2) is 47.1 Å². The molecule has 1 aliphatic heterocycles. The molecule has 7 heteroatoms. The van der Waals surface area contributed by atoms with Gasteiger partial charge in [0.2, 0.25) is 5.91 Å². The fourth-order valence-electron chi connectivity index (χ4n) is 3.03. The van der Waals surface area contributed by atoms with Gasteiger partial charge in [0.15, 0.2) is 5.76 Å². The van der Waals surface area contributed by atoms with Gasteiger partial charge in [-0.15, -0.1) is 0 Å². The van der Waals surface area contributed by atoms with Crippen molar-refractivity contribution < 1.29 is 18.8 Å². The summed E-state index contributed by atoms with van der Waals surface area (Å²) in [6.07, 6.45) is 2.77. The number of hydrogen-bond donors (Lipinski definition) is 2. The SMILES string of the molecule is CNC(=O)C1CCN(C(=O)c2ccc(NC(=O)c3ccco3)cc2)CC1. The van der Waals surface area contributed by atoms with Gasteiger partial charge < -0.3 is 20.0 Å². The van der Waals surface area contributed by atoms with Gasteiger partial charge in [0.25, 0.3) is 11.8 Å². The smallest absolute Gasteiger partial charge is 0.291 e. The molecule has 26 heavy (non-hydrogen) atoms. The van der Waals surface area contributed by atoms with Crippen LogP contribution < -0.4 is 10.6 Å². The number of piperidine rings is 1. The van der Waals surface area contributed by atoms with Crippen molar-refractivity contribution in [3.8, 4) is 0 Å². The highest BCUT2D eigenvalue weighted by atomic mass is 16.3. The quantitative estimate of drug-likeness (QED) is 0.879. The molecule has 3 amide bonds. The number of nitrogens with one attached hydrogen (secondary N) is 2. The molecular weight excluding hydrogens is 334 g/mol. The first-order chi connectivity index (χ1) is 12.6. The molecule has 136 valence electrons. The summed E-state index contributed by atoms with van der Waals surface area (Å²) in [6, 6.07) is 9.96. The average molecular weight is 355 g/mol. The number of hydrogen-bond acceptors (Lipinski definition) is 4. The van der Waals surface area contributed by atoms with Crippen molar-refractivity contribution in [2.24, 2.45) is 5.92 Å². The molecule has 2 heterocycles. The van der Waals surface area contributed by atoms with E-state index < -0.39 is 0 Å². The van der Waals surface area contributed by atoms with Gasteiger partial charge in [-0.2, -0.15) is 0 Å². The van der Waals surface area contributed by atoms with Gasteiger partial charge in [-0.25, -0.2) is 0 Å². The van der Waals surface area contributed by atoms with Crippen molar-refractivity contribution >= 4 is 23.4 Å². The maximum absolute atomic E-state index is 12.6. The molecule has 0 radical (unpaired) electrons. The molecule has 0 saturated carbocycles. The van der Waals surface area contributed by atoms with E-state index in [-0.39, 0.29) is 29.4 Å². The van der Waals surface area contributed by atoms with E-state index in [1.165, 1.54) is 6.26 Å². The summed E-state index contributed by atoms with van der Waals surface area (Å²) in [5.41, 5.74) is 1.14. The first kappa shape index (κ1) is 17.7. The highest BCUT2D eigenvalue weighted by molar-refractivity contribution is 6.02. The third kappa shape index (κ3) is 3.93. The Bertz CT molecular complexity index is 776. The average Bonchev–Trinajstić information content (AvgIpc) is 3.22. The lowest BCUT2D eigenvalue weighted by Crippen LogP contribution is -2.42. The predicted octanol–water partition coefficient (Wildman–Crippen LogP) is 2.13. The minimum Gasteiger partial charge on any atom is -0.459 e. The molecule has 0 spiro atoms. The number of furan rings is 1. The minimum atomic E-state index is -0.342. The topological polar surface area (TPSA) is 91.7 Å². The van der Waals surface area contributed by atoms with Crippen LogP contribution >= 0.6 is 0 Å². The van der Waals surface area contributed by atoms with Crippen LogP contribution in [0.4, 0.5) is 5.69 Å². The molecule has 1 aromatic carbocycles. The van der Waals surface area contributed by atoms with Crippen LogP contribution in [-0.4, -0.2) is 42.8 Å². The molecule has 1 aromatic heterocycles. The van der Waals surface area contributed by atoms with Crippen LogP contribution in [0, 0.1) is 5.92 Å². The number of benzene rings is 1. The Morgan fingerprint density at radius 1 is 1.08 bits per heavy atom. The zero-order valence-electron chi connectivity index (χ0n) is 14.5. The fraction of sp³-hybridized carbons (Fsp3) is 0.316. The summed E-state index contributed by atoms with van der Waals surface area (Å²) < 4.78 is 5.04. The minimum absolute atomic E-state index is 0.0248. The van der Waals surface area contributed by atoms with E-state index in [9.17, 15) is 14.4 Å². The first-order valence-corrected chi connectivity index (χ1v) is 8.54. The largest absolute Gasteiger partial charge is 0.459 e. The highest BCUT2D eigenvalue weighted by Gasteiger charge is 2.27. The molecule has 0 aliphatic carbocycles. The van der Waals surface area contributed by atoms with E-state index in [0.717, 1.165) is 0 Å². The van der Waals surface area contributed by atoms with Crippen molar-refractivity contribution in [2.75, 3.05) is 25.5 Å². The fourth-order valence-corrected chi connectivity index (χ4v) is 3.03. The monoisotopic (exact) mass is 355 g/mol. The second-order valence-electron chi connectivity index (χ2n) is 6.19. The van der Waals surface area contributed by atoms with E-state index in [0.29, 0.717) is 37.2 Å². The molecule has 2 N–H and O–H groups in total. The molecule has 1 aliphatic rings. The van der Waals surface area contributed by atoms with Crippen LogP contribution in [0.1, 0.15) is 33.8 Å². The molecule has 0 bridgehead atoms. The van der Waals surface area contributed by atoms with Crippen molar-refractivity contribution in [3.05, 3.63) is 54.0 Å². The van der Waals surface area contributed by atoms with Gasteiger partial charge in [0.1, 0.15) is 0 Å². The normalized spacial score (nSPS) is 14.7. The van der Waals surface area contributed by atoms with Crippen molar-refractivity contribution in [2.45, 2.75) is 12.8 Å². The Balaban J connectivity index is 1.57.